The number of nitrogens with zero attached hydrogens (tertiary/aromatic N) is 6. The first-order chi connectivity index (χ1) is 14.9. The average molecular weight is 499 g/mol. The number of thiophene rings is 1. The molecule has 0 bridgehead atoms. The number of benzene rings is 1. The molecule has 13 heteroatoms. The number of amides is 1. The lowest BCUT2D eigenvalue weighted by atomic mass is 10.2. The number of hydrogen-bond donors (Lipinski definition) is 0. The second-order valence-electron chi connectivity index (χ2n) is 6.74. The molecule has 0 saturated carbocycles. The van der Waals surface area contributed by atoms with Crippen LogP contribution in [-0.4, -0.2) is 75.7 Å². The predicted molar refractivity (Wildman–Crippen MR) is 119 cm³/mol. The van der Waals surface area contributed by atoms with Gasteiger partial charge in [0.25, 0.3) is 10.0 Å². The lowest BCUT2D eigenvalue weighted by molar-refractivity contribution is -0.129. The average Bonchev–Trinajstić information content (AvgIpc) is 3.42. The Bertz CT molecular complexity index is 1140. The van der Waals surface area contributed by atoms with Gasteiger partial charge < -0.3 is 4.90 Å². The number of sulfonamides is 1. The first-order valence-corrected chi connectivity index (χ1v) is 13.0. The Morgan fingerprint density at radius 2 is 1.84 bits per heavy atom. The smallest absolute Gasteiger partial charge is 0.252 e. The zero-order valence-electron chi connectivity index (χ0n) is 16.3. The Balaban J connectivity index is 1.30. The molecule has 1 aliphatic rings. The minimum absolute atomic E-state index is 0.0736. The Labute approximate surface area is 193 Å². The summed E-state index contributed by atoms with van der Waals surface area (Å²) < 4.78 is 29.1. The summed E-state index contributed by atoms with van der Waals surface area (Å²) >= 11 is 8.17. The fraction of sp³-hybridized carbons (Fsp3) is 0.333. The van der Waals surface area contributed by atoms with E-state index in [2.05, 4.69) is 15.5 Å². The second-order valence-corrected chi connectivity index (χ2v) is 11.6. The number of halogens is 1. The third-order valence-electron chi connectivity index (χ3n) is 4.73. The topological polar surface area (TPSA) is 101 Å². The van der Waals surface area contributed by atoms with Gasteiger partial charge in [-0.1, -0.05) is 53.7 Å². The number of piperazine rings is 1. The van der Waals surface area contributed by atoms with Crippen molar-refractivity contribution in [1.29, 1.82) is 0 Å². The van der Waals surface area contributed by atoms with Crippen LogP contribution < -0.4 is 0 Å². The molecule has 164 valence electrons. The van der Waals surface area contributed by atoms with E-state index in [0.717, 1.165) is 16.9 Å². The van der Waals surface area contributed by atoms with Crippen LogP contribution in [0.15, 0.2) is 51.8 Å². The molecule has 0 atom stereocenters. The monoisotopic (exact) mass is 498 g/mol. The summed E-state index contributed by atoms with van der Waals surface area (Å²) in [6, 6.07) is 12.9. The Kier molecular flexibility index (Phi) is 6.92. The standard InChI is InChI=1S/C18H19ClN6O3S3/c19-15-6-7-17(30-15)31(27,28)24-10-8-23(9-11-24)16(26)13-29-18-20-21-22-25(18)12-14-4-2-1-3-5-14/h1-7H,8-13H2. The number of carbonyl (C=O) groups is 1. The van der Waals surface area contributed by atoms with Gasteiger partial charge >= 0.3 is 0 Å². The first kappa shape index (κ1) is 22.2. The van der Waals surface area contributed by atoms with E-state index in [4.69, 9.17) is 11.6 Å². The van der Waals surface area contributed by atoms with Crippen LogP contribution in [0.2, 0.25) is 4.34 Å². The molecule has 2 aromatic heterocycles. The summed E-state index contributed by atoms with van der Waals surface area (Å²) in [6.45, 7) is 1.70. The Morgan fingerprint density at radius 3 is 2.52 bits per heavy atom. The molecule has 0 N–H and O–H groups in total. The molecular weight excluding hydrogens is 480 g/mol. The molecule has 31 heavy (non-hydrogen) atoms. The molecule has 0 unspecified atom stereocenters. The Morgan fingerprint density at radius 1 is 1.10 bits per heavy atom. The van der Waals surface area contributed by atoms with Gasteiger partial charge in [0.05, 0.1) is 16.6 Å². The molecule has 3 heterocycles. The molecule has 1 amide bonds. The van der Waals surface area contributed by atoms with Crippen LogP contribution in [0, 0.1) is 0 Å². The van der Waals surface area contributed by atoms with Crippen LogP contribution >= 0.6 is 34.7 Å². The highest BCUT2D eigenvalue weighted by Crippen LogP contribution is 2.28. The van der Waals surface area contributed by atoms with Gasteiger partial charge in [0, 0.05) is 26.2 Å². The second kappa shape index (κ2) is 9.65. The van der Waals surface area contributed by atoms with Gasteiger partial charge in [-0.05, 0) is 28.1 Å². The number of aromatic nitrogens is 4. The summed E-state index contributed by atoms with van der Waals surface area (Å²) in [6.07, 6.45) is 0. The zero-order chi connectivity index (χ0) is 21.8. The van der Waals surface area contributed by atoms with Gasteiger partial charge in [0.15, 0.2) is 0 Å². The van der Waals surface area contributed by atoms with E-state index >= 15 is 0 Å². The van der Waals surface area contributed by atoms with E-state index in [9.17, 15) is 13.2 Å². The van der Waals surface area contributed by atoms with Crippen LogP contribution in [-0.2, 0) is 21.4 Å². The molecule has 1 saturated heterocycles. The highest BCUT2D eigenvalue weighted by Gasteiger charge is 2.31. The van der Waals surface area contributed by atoms with Crippen molar-refractivity contribution < 1.29 is 13.2 Å². The third kappa shape index (κ3) is 5.26. The fourth-order valence-electron chi connectivity index (χ4n) is 3.11. The van der Waals surface area contributed by atoms with Crippen LogP contribution in [0.25, 0.3) is 0 Å². The van der Waals surface area contributed by atoms with Gasteiger partial charge in [0.1, 0.15) is 4.21 Å². The largest absolute Gasteiger partial charge is 0.339 e. The third-order valence-corrected chi connectivity index (χ3v) is 9.27. The molecule has 0 spiro atoms. The van der Waals surface area contributed by atoms with Crippen LogP contribution in [0.1, 0.15) is 5.56 Å². The van der Waals surface area contributed by atoms with Crippen molar-refractivity contribution in [3.63, 3.8) is 0 Å². The van der Waals surface area contributed by atoms with Crippen molar-refractivity contribution in [2.24, 2.45) is 0 Å². The highest BCUT2D eigenvalue weighted by molar-refractivity contribution is 7.99. The molecule has 0 aliphatic carbocycles. The first-order valence-electron chi connectivity index (χ1n) is 9.39. The van der Waals surface area contributed by atoms with Gasteiger partial charge in [-0.2, -0.15) is 4.31 Å². The van der Waals surface area contributed by atoms with Crippen molar-refractivity contribution in [3.05, 3.63) is 52.4 Å². The summed E-state index contributed by atoms with van der Waals surface area (Å²) in [5.74, 6) is 0.109. The zero-order valence-corrected chi connectivity index (χ0v) is 19.5. The summed E-state index contributed by atoms with van der Waals surface area (Å²) in [5, 5.41) is 12.3. The van der Waals surface area contributed by atoms with Gasteiger partial charge in [-0.25, -0.2) is 13.1 Å². The number of rotatable bonds is 7. The van der Waals surface area contributed by atoms with Gasteiger partial charge in [-0.15, -0.1) is 16.4 Å². The minimum atomic E-state index is -3.58. The lowest BCUT2D eigenvalue weighted by Crippen LogP contribution is -2.50. The van der Waals surface area contributed by atoms with E-state index in [1.54, 1.807) is 15.6 Å². The minimum Gasteiger partial charge on any atom is -0.339 e. The molecule has 1 aliphatic heterocycles. The van der Waals surface area contributed by atoms with Gasteiger partial charge in [0.2, 0.25) is 11.1 Å². The van der Waals surface area contributed by atoms with E-state index in [-0.39, 0.29) is 29.0 Å². The van der Waals surface area contributed by atoms with Crippen molar-refractivity contribution >= 4 is 50.6 Å². The van der Waals surface area contributed by atoms with E-state index in [1.807, 2.05) is 30.3 Å². The summed E-state index contributed by atoms with van der Waals surface area (Å²) in [5.41, 5.74) is 1.06. The molecule has 1 fully saturated rings. The predicted octanol–water partition coefficient (Wildman–Crippen LogP) is 2.06. The molecular formula is C18H19ClN6O3S3. The number of tetrazole rings is 1. The van der Waals surface area contributed by atoms with Crippen LogP contribution in [0.3, 0.4) is 0 Å². The summed E-state index contributed by atoms with van der Waals surface area (Å²) in [4.78, 5) is 14.3. The fourth-order valence-corrected chi connectivity index (χ4v) is 6.95. The van der Waals surface area contributed by atoms with Crippen LogP contribution in [0.4, 0.5) is 0 Å². The van der Waals surface area contributed by atoms with Crippen molar-refractivity contribution in [2.45, 2.75) is 15.9 Å². The molecule has 1 aromatic carbocycles. The molecule has 4 rings (SSSR count). The maximum absolute atomic E-state index is 12.7. The quantitative estimate of drug-likeness (QED) is 0.459. The molecule has 3 aromatic rings. The maximum atomic E-state index is 12.7. The van der Waals surface area contributed by atoms with E-state index in [1.165, 1.54) is 22.1 Å². The van der Waals surface area contributed by atoms with Crippen molar-refractivity contribution in [3.8, 4) is 0 Å². The van der Waals surface area contributed by atoms with Gasteiger partial charge in [-0.3, -0.25) is 4.79 Å². The highest BCUT2D eigenvalue weighted by atomic mass is 35.5. The Hall–Kier alpha value is -1.99. The van der Waals surface area contributed by atoms with Crippen molar-refractivity contribution in [2.75, 3.05) is 31.9 Å². The van der Waals surface area contributed by atoms with Crippen molar-refractivity contribution in [1.82, 2.24) is 29.4 Å². The maximum Gasteiger partial charge on any atom is 0.252 e. The molecule has 9 nitrogen and oxygen atoms in total. The number of thioether (sulfide) groups is 1. The van der Waals surface area contributed by atoms with E-state index < -0.39 is 10.0 Å². The summed E-state index contributed by atoms with van der Waals surface area (Å²) in [7, 11) is -3.58. The van der Waals surface area contributed by atoms with Crippen LogP contribution in [0.5, 0.6) is 0 Å². The van der Waals surface area contributed by atoms with E-state index in [0.29, 0.717) is 29.1 Å². The number of hydrogen-bond acceptors (Lipinski definition) is 8. The normalized spacial score (nSPS) is 15.3. The lowest BCUT2D eigenvalue weighted by Gasteiger charge is -2.33. The number of carbonyl (C=O) groups excluding carboxylic acids is 1. The molecule has 0 radical (unpaired) electrons. The SMILES string of the molecule is O=C(CSc1nnnn1Cc1ccccc1)N1CCN(S(=O)(=O)c2ccc(Cl)s2)CC1.